The van der Waals surface area contributed by atoms with E-state index >= 15 is 0 Å². The quantitative estimate of drug-likeness (QED) is 0.518. The molecule has 0 saturated carbocycles. The van der Waals surface area contributed by atoms with Gasteiger partial charge in [0, 0.05) is 36.8 Å². The van der Waals surface area contributed by atoms with Crippen molar-refractivity contribution in [3.05, 3.63) is 56.1 Å². The van der Waals surface area contributed by atoms with Crippen LogP contribution in [0.25, 0.3) is 33.2 Å². The molecule has 3 aromatic heterocycles. The van der Waals surface area contributed by atoms with Crippen LogP contribution < -0.4 is 11.2 Å². The highest BCUT2D eigenvalue weighted by atomic mass is 32.1. The standard InChI is InChI=1S/C16H13N5O2S/c1-20-13-11(14(22)21(2)16(20)23)12(18-15(24)19-13)9-7-17-10-6-4-3-5-8(9)10/h3-7,17H,1-2H3,(H,18,19,24). The largest absolute Gasteiger partial charge is 0.360 e. The molecule has 4 rings (SSSR count). The van der Waals surface area contributed by atoms with E-state index in [0.29, 0.717) is 11.1 Å². The molecule has 0 spiro atoms. The van der Waals surface area contributed by atoms with Crippen molar-refractivity contribution in [2.24, 2.45) is 14.1 Å². The second kappa shape index (κ2) is 5.00. The van der Waals surface area contributed by atoms with E-state index in [0.717, 1.165) is 21.0 Å². The minimum Gasteiger partial charge on any atom is -0.360 e. The van der Waals surface area contributed by atoms with Gasteiger partial charge in [-0.15, -0.1) is 0 Å². The average molecular weight is 339 g/mol. The molecule has 0 unspecified atom stereocenters. The molecule has 0 bridgehead atoms. The number of nitrogens with one attached hydrogen (secondary N) is 2. The molecule has 24 heavy (non-hydrogen) atoms. The monoisotopic (exact) mass is 339 g/mol. The molecule has 3 heterocycles. The van der Waals surface area contributed by atoms with Crippen molar-refractivity contribution in [2.75, 3.05) is 0 Å². The Kier molecular flexibility index (Phi) is 3.04. The summed E-state index contributed by atoms with van der Waals surface area (Å²) in [7, 11) is 3.02. The van der Waals surface area contributed by atoms with Crippen molar-refractivity contribution in [3.63, 3.8) is 0 Å². The average Bonchev–Trinajstić information content (AvgIpc) is 3.01. The Balaban J connectivity index is 2.27. The number of H-pyrrole nitrogens is 2. The molecule has 8 heteroatoms. The van der Waals surface area contributed by atoms with E-state index in [9.17, 15) is 9.59 Å². The van der Waals surface area contributed by atoms with Crippen molar-refractivity contribution in [1.29, 1.82) is 0 Å². The highest BCUT2D eigenvalue weighted by Crippen LogP contribution is 2.29. The zero-order chi connectivity index (χ0) is 17.0. The van der Waals surface area contributed by atoms with Gasteiger partial charge in [-0.2, -0.15) is 0 Å². The summed E-state index contributed by atoms with van der Waals surface area (Å²) in [4.78, 5) is 35.3. The van der Waals surface area contributed by atoms with Gasteiger partial charge in [0.05, 0.1) is 5.69 Å². The van der Waals surface area contributed by atoms with Crippen LogP contribution in [0.15, 0.2) is 40.1 Å². The molecule has 0 saturated heterocycles. The number of benzene rings is 1. The normalized spacial score (nSPS) is 11.4. The maximum Gasteiger partial charge on any atom is 0.332 e. The molecule has 120 valence electrons. The number of hydrogen-bond acceptors (Lipinski definition) is 4. The third kappa shape index (κ3) is 1.89. The van der Waals surface area contributed by atoms with Gasteiger partial charge in [-0.05, 0) is 18.3 Å². The van der Waals surface area contributed by atoms with Crippen molar-refractivity contribution in [3.8, 4) is 11.3 Å². The summed E-state index contributed by atoms with van der Waals surface area (Å²) in [5, 5.41) is 1.28. The predicted molar refractivity (Wildman–Crippen MR) is 94.7 cm³/mol. The highest BCUT2D eigenvalue weighted by molar-refractivity contribution is 7.71. The fraction of sp³-hybridized carbons (Fsp3) is 0.125. The second-order valence-electron chi connectivity index (χ2n) is 5.57. The number of fused-ring (bicyclic) bond motifs is 2. The van der Waals surface area contributed by atoms with Crippen LogP contribution >= 0.6 is 12.2 Å². The van der Waals surface area contributed by atoms with Gasteiger partial charge in [-0.25, -0.2) is 9.78 Å². The second-order valence-corrected chi connectivity index (χ2v) is 5.96. The van der Waals surface area contributed by atoms with E-state index in [1.165, 1.54) is 11.6 Å². The zero-order valence-corrected chi connectivity index (χ0v) is 13.8. The van der Waals surface area contributed by atoms with Crippen LogP contribution in [-0.2, 0) is 14.1 Å². The molecular formula is C16H13N5O2S. The van der Waals surface area contributed by atoms with Crippen molar-refractivity contribution in [1.82, 2.24) is 24.1 Å². The van der Waals surface area contributed by atoms with E-state index in [1.807, 2.05) is 30.5 Å². The highest BCUT2D eigenvalue weighted by Gasteiger charge is 2.17. The van der Waals surface area contributed by atoms with Crippen LogP contribution in [0.1, 0.15) is 0 Å². The lowest BCUT2D eigenvalue weighted by Gasteiger charge is -2.10. The van der Waals surface area contributed by atoms with E-state index in [-0.39, 0.29) is 10.4 Å². The van der Waals surface area contributed by atoms with Gasteiger partial charge in [0.1, 0.15) is 5.39 Å². The fourth-order valence-electron chi connectivity index (χ4n) is 2.96. The van der Waals surface area contributed by atoms with E-state index < -0.39 is 11.2 Å². The van der Waals surface area contributed by atoms with Crippen molar-refractivity contribution >= 4 is 34.2 Å². The summed E-state index contributed by atoms with van der Waals surface area (Å²) < 4.78 is 2.61. The van der Waals surface area contributed by atoms with Gasteiger partial charge in [0.15, 0.2) is 10.4 Å². The molecule has 0 aliphatic rings. The van der Waals surface area contributed by atoms with Gasteiger partial charge in [-0.3, -0.25) is 13.9 Å². The number of nitrogens with zero attached hydrogens (tertiary/aromatic N) is 3. The lowest BCUT2D eigenvalue weighted by atomic mass is 10.1. The molecule has 7 nitrogen and oxygen atoms in total. The van der Waals surface area contributed by atoms with E-state index in [2.05, 4.69) is 15.0 Å². The minimum atomic E-state index is -0.439. The number of aromatic amines is 2. The lowest BCUT2D eigenvalue weighted by molar-refractivity contribution is 0.706. The number of rotatable bonds is 1. The van der Waals surface area contributed by atoms with Crippen LogP contribution in [0.5, 0.6) is 0 Å². The molecule has 0 aliphatic heterocycles. The number of para-hydroxylation sites is 1. The Bertz CT molecular complexity index is 1290. The van der Waals surface area contributed by atoms with Gasteiger partial charge in [-0.1, -0.05) is 18.2 Å². The summed E-state index contributed by atoms with van der Waals surface area (Å²) in [5.41, 5.74) is 1.72. The topological polar surface area (TPSA) is 88.5 Å². The van der Waals surface area contributed by atoms with Gasteiger partial charge < -0.3 is 9.97 Å². The maximum atomic E-state index is 12.7. The Morgan fingerprint density at radius 3 is 2.67 bits per heavy atom. The SMILES string of the molecule is Cn1c(=O)c2c(-c3c[nH]c4ccccc34)[nH]c(=S)nc2n(C)c1=O. The molecular weight excluding hydrogens is 326 g/mol. The first-order chi connectivity index (χ1) is 11.5. The van der Waals surface area contributed by atoms with Gasteiger partial charge >= 0.3 is 5.69 Å². The predicted octanol–water partition coefficient (Wildman–Crippen LogP) is 1.84. The van der Waals surface area contributed by atoms with Gasteiger partial charge in [0.25, 0.3) is 5.56 Å². The molecule has 2 N–H and O–H groups in total. The third-order valence-electron chi connectivity index (χ3n) is 4.18. The molecule has 0 aliphatic carbocycles. The molecule has 0 fully saturated rings. The first kappa shape index (κ1) is 14.6. The molecule has 4 aromatic rings. The van der Waals surface area contributed by atoms with Crippen LogP contribution in [0, 0.1) is 4.77 Å². The van der Waals surface area contributed by atoms with E-state index in [1.54, 1.807) is 7.05 Å². The number of hydrogen-bond donors (Lipinski definition) is 2. The first-order valence-corrected chi connectivity index (χ1v) is 7.66. The summed E-state index contributed by atoms with van der Waals surface area (Å²) >= 11 is 5.20. The van der Waals surface area contributed by atoms with Crippen LogP contribution in [0.2, 0.25) is 0 Å². The molecule has 0 radical (unpaired) electrons. The fourth-order valence-corrected chi connectivity index (χ4v) is 3.15. The summed E-state index contributed by atoms with van der Waals surface area (Å²) in [5.74, 6) is 0. The first-order valence-electron chi connectivity index (χ1n) is 7.25. The smallest absolute Gasteiger partial charge is 0.332 e. The van der Waals surface area contributed by atoms with Crippen molar-refractivity contribution < 1.29 is 0 Å². The number of aryl methyl sites for hydroxylation is 1. The Hall–Kier alpha value is -3.00. The Morgan fingerprint density at radius 2 is 1.88 bits per heavy atom. The van der Waals surface area contributed by atoms with Crippen molar-refractivity contribution in [2.45, 2.75) is 0 Å². The third-order valence-corrected chi connectivity index (χ3v) is 4.37. The zero-order valence-electron chi connectivity index (χ0n) is 13.0. The maximum absolute atomic E-state index is 12.7. The van der Waals surface area contributed by atoms with Crippen LogP contribution in [0.4, 0.5) is 0 Å². The number of aromatic nitrogens is 5. The Morgan fingerprint density at radius 1 is 1.12 bits per heavy atom. The minimum absolute atomic E-state index is 0.214. The van der Waals surface area contributed by atoms with Crippen LogP contribution in [-0.4, -0.2) is 24.1 Å². The Labute approximate surface area is 140 Å². The summed E-state index contributed by atoms with van der Waals surface area (Å²) in [6.07, 6.45) is 1.81. The molecule has 0 atom stereocenters. The molecule has 1 aromatic carbocycles. The summed E-state index contributed by atoms with van der Waals surface area (Å²) in [6.45, 7) is 0. The lowest BCUT2D eigenvalue weighted by Crippen LogP contribution is -2.37. The van der Waals surface area contributed by atoms with Crippen LogP contribution in [0.3, 0.4) is 0 Å². The van der Waals surface area contributed by atoms with Gasteiger partial charge in [0.2, 0.25) is 0 Å². The summed E-state index contributed by atoms with van der Waals surface area (Å²) in [6, 6.07) is 7.76. The molecule has 0 amide bonds. The van der Waals surface area contributed by atoms with E-state index in [4.69, 9.17) is 12.2 Å².